The van der Waals surface area contributed by atoms with Crippen molar-refractivity contribution in [3.63, 3.8) is 0 Å². The zero-order valence-electron chi connectivity index (χ0n) is 15.3. The molecule has 0 aliphatic rings. The topological polar surface area (TPSA) is 77.2 Å². The first-order chi connectivity index (χ1) is 14.1. The lowest BCUT2D eigenvalue weighted by atomic mass is 10.2. The molecule has 0 saturated heterocycles. The molecule has 6 nitrogen and oxygen atoms in total. The van der Waals surface area contributed by atoms with E-state index >= 15 is 0 Å². The number of nitrogens with one attached hydrogen (secondary N) is 1. The van der Waals surface area contributed by atoms with Crippen molar-refractivity contribution < 1.29 is 13.9 Å². The molecule has 0 aliphatic carbocycles. The summed E-state index contributed by atoms with van der Waals surface area (Å²) in [7, 11) is 1.62. The molecule has 0 atom stereocenters. The molecule has 29 heavy (non-hydrogen) atoms. The smallest absolute Gasteiger partial charge is 0.277 e. The summed E-state index contributed by atoms with van der Waals surface area (Å²) in [6, 6.07) is 15.4. The minimum absolute atomic E-state index is 0.120. The molecule has 148 valence electrons. The average molecular weight is 446 g/mol. The van der Waals surface area contributed by atoms with Gasteiger partial charge in [-0.1, -0.05) is 53.7 Å². The van der Waals surface area contributed by atoms with Crippen molar-refractivity contribution in [3.8, 4) is 16.5 Å². The van der Waals surface area contributed by atoms with Gasteiger partial charge in [0.2, 0.25) is 5.91 Å². The highest BCUT2D eigenvalue weighted by atomic mass is 35.5. The van der Waals surface area contributed by atoms with Gasteiger partial charge in [0.05, 0.1) is 17.9 Å². The first kappa shape index (κ1) is 19.8. The van der Waals surface area contributed by atoms with Crippen LogP contribution < -0.4 is 10.1 Å². The third kappa shape index (κ3) is 4.55. The zero-order valence-corrected chi connectivity index (χ0v) is 17.7. The Bertz CT molecular complexity index is 1140. The first-order valence-corrected chi connectivity index (χ1v) is 10.9. The van der Waals surface area contributed by atoms with Crippen LogP contribution in [0.25, 0.3) is 20.9 Å². The molecule has 4 rings (SSSR count). The lowest BCUT2D eigenvalue weighted by Gasteiger charge is -2.05. The normalized spacial score (nSPS) is 11.0. The summed E-state index contributed by atoms with van der Waals surface area (Å²) in [5.41, 5.74) is 0.989. The van der Waals surface area contributed by atoms with E-state index in [1.165, 1.54) is 23.1 Å². The van der Waals surface area contributed by atoms with Gasteiger partial charge in [-0.2, -0.15) is 0 Å². The molecular weight excluding hydrogens is 430 g/mol. The summed E-state index contributed by atoms with van der Waals surface area (Å²) < 4.78 is 11.9. The Morgan fingerprint density at radius 1 is 1.21 bits per heavy atom. The van der Waals surface area contributed by atoms with Gasteiger partial charge in [0.1, 0.15) is 10.6 Å². The molecule has 0 aliphatic heterocycles. The number of carbonyl (C=O) groups is 1. The van der Waals surface area contributed by atoms with E-state index in [1.54, 1.807) is 7.11 Å². The van der Waals surface area contributed by atoms with Crippen LogP contribution in [0.4, 0.5) is 0 Å². The monoisotopic (exact) mass is 445 g/mol. The van der Waals surface area contributed by atoms with Crippen molar-refractivity contribution in [1.29, 1.82) is 0 Å². The number of hydrogen-bond acceptors (Lipinski definition) is 7. The van der Waals surface area contributed by atoms with Crippen LogP contribution in [0.5, 0.6) is 5.75 Å². The highest BCUT2D eigenvalue weighted by molar-refractivity contribution is 7.99. The van der Waals surface area contributed by atoms with E-state index < -0.39 is 0 Å². The standard InChI is InChI=1S/C20H16ClN3O3S2/c1-26-13-8-6-12(7-9-13)10-22-16(25)11-28-20-24-23-19(27-20)18-17(21)14-4-2-3-5-15(14)29-18/h2-9H,10-11H2,1H3,(H,22,25). The molecule has 1 amide bonds. The van der Waals surface area contributed by atoms with Crippen molar-refractivity contribution in [1.82, 2.24) is 15.5 Å². The maximum atomic E-state index is 12.1. The quantitative estimate of drug-likeness (QED) is 0.402. The number of nitrogens with zero attached hydrogens (tertiary/aromatic N) is 2. The maximum Gasteiger partial charge on any atom is 0.277 e. The van der Waals surface area contributed by atoms with Gasteiger partial charge in [-0.15, -0.1) is 21.5 Å². The number of fused-ring (bicyclic) bond motifs is 1. The Morgan fingerprint density at radius 3 is 2.76 bits per heavy atom. The van der Waals surface area contributed by atoms with Crippen molar-refractivity contribution in [3.05, 3.63) is 59.1 Å². The Hall–Kier alpha value is -2.55. The summed E-state index contributed by atoms with van der Waals surface area (Å²) in [6.07, 6.45) is 0. The number of hydrogen-bond donors (Lipinski definition) is 1. The molecule has 2 aromatic heterocycles. The number of methoxy groups -OCH3 is 1. The Kier molecular flexibility index (Phi) is 6.03. The molecule has 0 spiro atoms. The van der Waals surface area contributed by atoms with Gasteiger partial charge in [0, 0.05) is 16.6 Å². The molecule has 2 heterocycles. The fourth-order valence-corrected chi connectivity index (χ4v) is 4.66. The number of amides is 1. The SMILES string of the molecule is COc1ccc(CNC(=O)CSc2nnc(-c3sc4ccccc4c3Cl)o2)cc1. The number of aromatic nitrogens is 2. The fraction of sp³-hybridized carbons (Fsp3) is 0.150. The highest BCUT2D eigenvalue weighted by Crippen LogP contribution is 2.41. The summed E-state index contributed by atoms with van der Waals surface area (Å²) in [5, 5.41) is 12.8. The first-order valence-electron chi connectivity index (χ1n) is 8.67. The zero-order chi connectivity index (χ0) is 20.2. The molecule has 0 radical (unpaired) electrons. The molecule has 2 aromatic carbocycles. The van der Waals surface area contributed by atoms with Gasteiger partial charge in [0.25, 0.3) is 11.1 Å². The van der Waals surface area contributed by atoms with Crippen LogP contribution in [0.2, 0.25) is 5.02 Å². The number of thioether (sulfide) groups is 1. The third-order valence-corrected chi connectivity index (χ3v) is 6.59. The van der Waals surface area contributed by atoms with Crippen LogP contribution in [-0.4, -0.2) is 29.0 Å². The Morgan fingerprint density at radius 2 is 2.00 bits per heavy atom. The molecule has 9 heteroatoms. The Labute approximate surface area is 180 Å². The van der Waals surface area contributed by atoms with Gasteiger partial charge in [-0.25, -0.2) is 0 Å². The van der Waals surface area contributed by atoms with E-state index in [1.807, 2.05) is 48.5 Å². The largest absolute Gasteiger partial charge is 0.497 e. The second-order valence-corrected chi connectivity index (χ2v) is 8.38. The Balaban J connectivity index is 1.34. The van der Waals surface area contributed by atoms with E-state index in [2.05, 4.69) is 15.5 Å². The van der Waals surface area contributed by atoms with Gasteiger partial charge in [-0.3, -0.25) is 4.79 Å². The molecule has 0 unspecified atom stereocenters. The fourth-order valence-electron chi connectivity index (χ4n) is 2.63. The number of rotatable bonds is 7. The van der Waals surface area contributed by atoms with Crippen molar-refractivity contribution in [2.75, 3.05) is 12.9 Å². The highest BCUT2D eigenvalue weighted by Gasteiger charge is 2.18. The lowest BCUT2D eigenvalue weighted by Crippen LogP contribution is -2.24. The molecule has 0 fully saturated rings. The maximum absolute atomic E-state index is 12.1. The van der Waals surface area contributed by atoms with Gasteiger partial charge < -0.3 is 14.5 Å². The van der Waals surface area contributed by atoms with E-state index in [-0.39, 0.29) is 11.7 Å². The van der Waals surface area contributed by atoms with Crippen LogP contribution in [-0.2, 0) is 11.3 Å². The van der Waals surface area contributed by atoms with E-state index in [9.17, 15) is 4.79 Å². The summed E-state index contributed by atoms with van der Waals surface area (Å²) in [4.78, 5) is 12.8. The van der Waals surface area contributed by atoms with E-state index in [0.717, 1.165) is 26.3 Å². The number of ether oxygens (including phenoxy) is 1. The molecule has 4 aromatic rings. The van der Waals surface area contributed by atoms with Crippen molar-refractivity contribution in [2.24, 2.45) is 0 Å². The lowest BCUT2D eigenvalue weighted by molar-refractivity contribution is -0.118. The van der Waals surface area contributed by atoms with Gasteiger partial charge in [-0.05, 0) is 23.8 Å². The molecule has 1 N–H and O–H groups in total. The summed E-state index contributed by atoms with van der Waals surface area (Å²) in [6.45, 7) is 0.440. The van der Waals surface area contributed by atoms with Crippen LogP contribution in [0.15, 0.2) is 58.2 Å². The third-order valence-electron chi connectivity index (χ3n) is 4.11. The second-order valence-electron chi connectivity index (χ2n) is 6.03. The van der Waals surface area contributed by atoms with Gasteiger partial charge in [0.15, 0.2) is 0 Å². The van der Waals surface area contributed by atoms with Crippen LogP contribution in [0, 0.1) is 0 Å². The van der Waals surface area contributed by atoms with E-state index in [4.69, 9.17) is 20.8 Å². The number of thiophene rings is 1. The minimum Gasteiger partial charge on any atom is -0.497 e. The average Bonchev–Trinajstić information content (AvgIpc) is 3.36. The summed E-state index contributed by atoms with van der Waals surface area (Å²) in [5.74, 6) is 1.20. The summed E-state index contributed by atoms with van der Waals surface area (Å²) >= 11 is 9.14. The van der Waals surface area contributed by atoms with Crippen molar-refractivity contribution in [2.45, 2.75) is 11.8 Å². The number of benzene rings is 2. The predicted octanol–water partition coefficient (Wildman–Crippen LogP) is 5.02. The van der Waals surface area contributed by atoms with Gasteiger partial charge >= 0.3 is 0 Å². The number of halogens is 1. The van der Waals surface area contributed by atoms with Crippen molar-refractivity contribution >= 4 is 50.7 Å². The molecule has 0 bridgehead atoms. The number of carbonyl (C=O) groups excluding carboxylic acids is 1. The van der Waals surface area contributed by atoms with Crippen LogP contribution in [0.1, 0.15) is 5.56 Å². The van der Waals surface area contributed by atoms with Crippen LogP contribution in [0.3, 0.4) is 0 Å². The minimum atomic E-state index is -0.120. The predicted molar refractivity (Wildman–Crippen MR) is 116 cm³/mol. The van der Waals surface area contributed by atoms with Crippen LogP contribution >= 0.6 is 34.7 Å². The van der Waals surface area contributed by atoms with E-state index in [0.29, 0.717) is 22.7 Å². The molecule has 0 saturated carbocycles. The second kappa shape index (κ2) is 8.86. The molecular formula is C20H16ClN3O3S2.